The highest BCUT2D eigenvalue weighted by Crippen LogP contribution is 2.35. The summed E-state index contributed by atoms with van der Waals surface area (Å²) >= 11 is 6.30. The zero-order valence-corrected chi connectivity index (χ0v) is 18.2. The lowest BCUT2D eigenvalue weighted by molar-refractivity contribution is -0.212. The molecule has 0 saturated carbocycles. The number of halogens is 4. The summed E-state index contributed by atoms with van der Waals surface area (Å²) in [5.74, 6) is -1.27. The van der Waals surface area contributed by atoms with Crippen LogP contribution < -0.4 is 0 Å². The first-order valence-electron chi connectivity index (χ1n) is 10.2. The van der Waals surface area contributed by atoms with E-state index in [2.05, 4.69) is 30.4 Å². The SMILES string of the molecule is O=C(c1nnc(-c2cnn(C(F)(F)F)c2)o1)N1CCc2[nH]cnc2[C@@H]1c1cc2c(Cl)cccn2n1. The monoisotopic (exact) mass is 503 g/mol. The molecule has 11 nitrogen and oxygen atoms in total. The van der Waals surface area contributed by atoms with Gasteiger partial charge in [-0.1, -0.05) is 11.6 Å². The second-order valence-electron chi connectivity index (χ2n) is 7.73. The van der Waals surface area contributed by atoms with E-state index in [0.717, 1.165) is 11.9 Å². The Morgan fingerprint density at radius 2 is 2.14 bits per heavy atom. The molecule has 15 heteroatoms. The van der Waals surface area contributed by atoms with Crippen molar-refractivity contribution in [3.8, 4) is 11.5 Å². The van der Waals surface area contributed by atoms with E-state index >= 15 is 0 Å². The maximum atomic E-state index is 13.4. The molecule has 5 aromatic heterocycles. The number of nitrogens with one attached hydrogen (secondary N) is 1. The fraction of sp³-hybridized carbons (Fsp3) is 0.200. The molecule has 0 spiro atoms. The molecule has 0 fully saturated rings. The molecule has 0 radical (unpaired) electrons. The van der Waals surface area contributed by atoms with Crippen LogP contribution in [0.2, 0.25) is 5.02 Å². The van der Waals surface area contributed by atoms with E-state index in [1.165, 1.54) is 11.2 Å². The molecule has 0 unspecified atom stereocenters. The lowest BCUT2D eigenvalue weighted by atomic mass is 9.99. The highest BCUT2D eigenvalue weighted by atomic mass is 35.5. The van der Waals surface area contributed by atoms with E-state index in [9.17, 15) is 18.0 Å². The number of aromatic nitrogens is 8. The third-order valence-corrected chi connectivity index (χ3v) is 5.95. The van der Waals surface area contributed by atoms with Crippen LogP contribution in [0.5, 0.6) is 0 Å². The molecule has 1 aliphatic rings. The summed E-state index contributed by atoms with van der Waals surface area (Å²) < 4.78 is 45.4. The van der Waals surface area contributed by atoms with Crippen LogP contribution in [0.4, 0.5) is 13.2 Å². The molecule has 0 aliphatic carbocycles. The number of nitrogens with zero attached hydrogens (tertiary/aromatic N) is 8. The molecular weight excluding hydrogens is 491 g/mol. The average Bonchev–Trinajstić information content (AvgIpc) is 3.62. The van der Waals surface area contributed by atoms with Gasteiger partial charge in [-0.2, -0.15) is 14.9 Å². The van der Waals surface area contributed by atoms with Gasteiger partial charge in [0.1, 0.15) is 6.04 Å². The van der Waals surface area contributed by atoms with Crippen molar-refractivity contribution in [1.82, 2.24) is 44.5 Å². The first-order valence-corrected chi connectivity index (χ1v) is 10.6. The summed E-state index contributed by atoms with van der Waals surface area (Å²) in [6.45, 7) is 0.282. The highest BCUT2D eigenvalue weighted by molar-refractivity contribution is 6.33. The number of hydrogen-bond acceptors (Lipinski definition) is 7. The largest absolute Gasteiger partial charge is 0.504 e. The number of fused-ring (bicyclic) bond motifs is 2. The van der Waals surface area contributed by atoms with E-state index in [1.54, 1.807) is 28.9 Å². The smallest absolute Gasteiger partial charge is 0.412 e. The van der Waals surface area contributed by atoms with Crippen LogP contribution in [0.1, 0.15) is 33.8 Å². The number of hydrogen-bond donors (Lipinski definition) is 1. The number of aromatic amines is 1. The Labute approximate surface area is 198 Å². The van der Waals surface area contributed by atoms with Crippen LogP contribution in [0.15, 0.2) is 47.5 Å². The number of carbonyl (C=O) groups excluding carboxylic acids is 1. The van der Waals surface area contributed by atoms with E-state index in [0.29, 0.717) is 34.5 Å². The van der Waals surface area contributed by atoms with E-state index < -0.39 is 18.2 Å². The molecule has 6 heterocycles. The van der Waals surface area contributed by atoms with Crippen LogP contribution in [0, 0.1) is 0 Å². The van der Waals surface area contributed by atoms with Gasteiger partial charge in [-0.3, -0.25) is 4.79 Å². The normalized spacial score (nSPS) is 16.1. The Morgan fingerprint density at radius 1 is 1.29 bits per heavy atom. The minimum atomic E-state index is -4.70. The minimum Gasteiger partial charge on any atom is -0.412 e. The topological polar surface area (TPSA) is 123 Å². The molecule has 35 heavy (non-hydrogen) atoms. The number of imidazole rings is 1. The van der Waals surface area contributed by atoms with Crippen molar-refractivity contribution in [1.29, 1.82) is 0 Å². The molecule has 0 aromatic carbocycles. The highest BCUT2D eigenvalue weighted by Gasteiger charge is 2.38. The molecule has 1 N–H and O–H groups in total. The summed E-state index contributed by atoms with van der Waals surface area (Å²) in [6.07, 6.45) is 0.687. The third-order valence-electron chi connectivity index (χ3n) is 5.63. The predicted molar refractivity (Wildman–Crippen MR) is 112 cm³/mol. The van der Waals surface area contributed by atoms with Gasteiger partial charge in [0.2, 0.25) is 0 Å². The first kappa shape index (κ1) is 21.3. The number of H-pyrrole nitrogens is 1. The van der Waals surface area contributed by atoms with Gasteiger partial charge in [-0.05, 0) is 18.2 Å². The van der Waals surface area contributed by atoms with Gasteiger partial charge < -0.3 is 14.3 Å². The zero-order chi connectivity index (χ0) is 24.3. The third kappa shape index (κ3) is 3.53. The second kappa shape index (κ2) is 7.66. The van der Waals surface area contributed by atoms with Gasteiger partial charge in [-0.15, -0.1) is 23.4 Å². The van der Waals surface area contributed by atoms with Crippen molar-refractivity contribution in [3.63, 3.8) is 0 Å². The van der Waals surface area contributed by atoms with Crippen molar-refractivity contribution in [2.75, 3.05) is 6.54 Å². The number of pyridine rings is 1. The van der Waals surface area contributed by atoms with Gasteiger partial charge >= 0.3 is 18.1 Å². The maximum absolute atomic E-state index is 13.4. The Balaban J connectivity index is 1.37. The quantitative estimate of drug-likeness (QED) is 0.401. The summed E-state index contributed by atoms with van der Waals surface area (Å²) in [7, 11) is 0. The van der Waals surface area contributed by atoms with E-state index in [-0.39, 0.29) is 28.6 Å². The van der Waals surface area contributed by atoms with Crippen LogP contribution in [-0.2, 0) is 12.7 Å². The molecule has 1 aliphatic heterocycles. The summed E-state index contributed by atoms with van der Waals surface area (Å²) in [5.41, 5.74) is 2.56. The molecule has 6 rings (SSSR count). The molecule has 178 valence electrons. The lowest BCUT2D eigenvalue weighted by Crippen LogP contribution is -2.41. The number of alkyl halides is 3. The van der Waals surface area contributed by atoms with Crippen molar-refractivity contribution >= 4 is 23.0 Å². The van der Waals surface area contributed by atoms with Gasteiger partial charge in [0.25, 0.3) is 5.89 Å². The summed E-state index contributed by atoms with van der Waals surface area (Å²) in [4.78, 5) is 22.4. The molecule has 0 bridgehead atoms. The van der Waals surface area contributed by atoms with Crippen LogP contribution in [-0.4, -0.2) is 56.9 Å². The molecule has 1 amide bonds. The van der Waals surface area contributed by atoms with Crippen LogP contribution in [0.3, 0.4) is 0 Å². The lowest BCUT2D eigenvalue weighted by Gasteiger charge is -2.32. The zero-order valence-electron chi connectivity index (χ0n) is 17.4. The Hall–Kier alpha value is -4.20. The fourth-order valence-electron chi connectivity index (χ4n) is 4.05. The van der Waals surface area contributed by atoms with Gasteiger partial charge in [0, 0.05) is 31.1 Å². The molecule has 0 saturated heterocycles. The number of rotatable bonds is 3. The van der Waals surface area contributed by atoms with Gasteiger partial charge in [-0.25, -0.2) is 9.50 Å². The van der Waals surface area contributed by atoms with Gasteiger partial charge in [0.05, 0.1) is 40.0 Å². The van der Waals surface area contributed by atoms with E-state index in [1.807, 2.05) is 0 Å². The standard InChI is InChI=1S/C20H13ClF3N9O2/c21-11-2-1-4-32-14(11)6-13(30-32)16-15-12(25-9-26-15)3-5-31(16)19(34)18-29-28-17(35-18)10-7-27-33(8-10)20(22,23)24/h1-2,4,6-9,16H,3,5H2,(H,25,26)/t16-/m0/s1. The fourth-order valence-corrected chi connectivity index (χ4v) is 4.26. The maximum Gasteiger partial charge on any atom is 0.504 e. The molecular formula is C20H13ClF3N9O2. The summed E-state index contributed by atoms with van der Waals surface area (Å²) in [5, 5.41) is 15.8. The minimum absolute atomic E-state index is 0.0753. The number of carbonyl (C=O) groups is 1. The predicted octanol–water partition coefficient (Wildman–Crippen LogP) is 3.22. The Bertz CT molecular complexity index is 1570. The Kier molecular flexibility index (Phi) is 4.67. The van der Waals surface area contributed by atoms with E-state index in [4.69, 9.17) is 16.0 Å². The Morgan fingerprint density at radius 3 is 2.91 bits per heavy atom. The van der Waals surface area contributed by atoms with Gasteiger partial charge in [0.15, 0.2) is 0 Å². The van der Waals surface area contributed by atoms with Crippen LogP contribution in [0.25, 0.3) is 17.0 Å². The average molecular weight is 504 g/mol. The van der Waals surface area contributed by atoms with Crippen molar-refractivity contribution in [3.05, 3.63) is 71.1 Å². The molecule has 1 atom stereocenters. The van der Waals surface area contributed by atoms with Crippen molar-refractivity contribution in [2.45, 2.75) is 18.8 Å². The summed E-state index contributed by atoms with van der Waals surface area (Å²) in [6, 6.07) is 4.56. The van der Waals surface area contributed by atoms with Crippen molar-refractivity contribution in [2.24, 2.45) is 0 Å². The van der Waals surface area contributed by atoms with Crippen LogP contribution >= 0.6 is 11.6 Å². The second-order valence-corrected chi connectivity index (χ2v) is 8.13. The van der Waals surface area contributed by atoms with Crippen molar-refractivity contribution < 1.29 is 22.4 Å². The number of amides is 1. The first-order chi connectivity index (χ1) is 16.8. The molecule has 5 aromatic rings.